The molecule has 0 aliphatic carbocycles. The lowest BCUT2D eigenvalue weighted by atomic mass is 9.92. The Labute approximate surface area is 85.5 Å². The third kappa shape index (κ3) is 2.98. The van der Waals surface area contributed by atoms with E-state index in [-0.39, 0.29) is 11.5 Å². The molecule has 0 radical (unpaired) electrons. The Bertz CT molecular complexity index is 302. The molecule has 0 atom stereocenters. The molecule has 0 aliphatic rings. The molecule has 0 bridgehead atoms. The Morgan fingerprint density at radius 1 is 1.21 bits per heavy atom. The predicted octanol–water partition coefficient (Wildman–Crippen LogP) is 2.56. The third-order valence-corrected chi connectivity index (χ3v) is 1.77. The van der Waals surface area contributed by atoms with Crippen LogP contribution in [0, 0.1) is 0 Å². The standard InChI is InChI=1S/C11H18N2O/c1-8(2)14-10-6-9(11(3,4)5)12-7-13-10/h6-8H,1-5H3. The Kier molecular flexibility index (Phi) is 3.09. The maximum Gasteiger partial charge on any atom is 0.216 e. The van der Waals surface area contributed by atoms with E-state index >= 15 is 0 Å². The van der Waals surface area contributed by atoms with Gasteiger partial charge in [0, 0.05) is 11.5 Å². The molecule has 0 saturated heterocycles. The van der Waals surface area contributed by atoms with Crippen LogP contribution in [-0.2, 0) is 5.41 Å². The molecule has 3 heteroatoms. The van der Waals surface area contributed by atoms with E-state index in [4.69, 9.17) is 4.74 Å². The van der Waals surface area contributed by atoms with Gasteiger partial charge < -0.3 is 4.74 Å². The second-order valence-electron chi connectivity index (χ2n) is 4.66. The van der Waals surface area contributed by atoms with Gasteiger partial charge in [0.15, 0.2) is 0 Å². The van der Waals surface area contributed by atoms with E-state index < -0.39 is 0 Å². The van der Waals surface area contributed by atoms with E-state index in [0.29, 0.717) is 5.88 Å². The van der Waals surface area contributed by atoms with Crippen LogP contribution in [0.5, 0.6) is 5.88 Å². The highest BCUT2D eigenvalue weighted by Crippen LogP contribution is 2.22. The number of ether oxygens (including phenoxy) is 1. The summed E-state index contributed by atoms with van der Waals surface area (Å²) in [6, 6.07) is 1.90. The normalized spacial score (nSPS) is 11.9. The molecule has 1 rings (SSSR count). The van der Waals surface area contributed by atoms with Gasteiger partial charge in [-0.25, -0.2) is 9.97 Å². The lowest BCUT2D eigenvalue weighted by Crippen LogP contribution is -2.15. The summed E-state index contributed by atoms with van der Waals surface area (Å²) >= 11 is 0. The molecule has 0 saturated carbocycles. The summed E-state index contributed by atoms with van der Waals surface area (Å²) in [4.78, 5) is 8.29. The fraction of sp³-hybridized carbons (Fsp3) is 0.636. The molecular weight excluding hydrogens is 176 g/mol. The van der Waals surface area contributed by atoms with Gasteiger partial charge in [-0.3, -0.25) is 0 Å². The lowest BCUT2D eigenvalue weighted by Gasteiger charge is -2.18. The fourth-order valence-corrected chi connectivity index (χ4v) is 1.06. The molecule has 0 aliphatic heterocycles. The molecule has 0 unspecified atom stereocenters. The zero-order valence-corrected chi connectivity index (χ0v) is 9.53. The Morgan fingerprint density at radius 2 is 1.86 bits per heavy atom. The van der Waals surface area contributed by atoms with Gasteiger partial charge in [-0.1, -0.05) is 20.8 Å². The largest absolute Gasteiger partial charge is 0.475 e. The van der Waals surface area contributed by atoms with E-state index in [1.807, 2.05) is 19.9 Å². The van der Waals surface area contributed by atoms with Crippen LogP contribution >= 0.6 is 0 Å². The number of hydrogen-bond donors (Lipinski definition) is 0. The highest BCUT2D eigenvalue weighted by Gasteiger charge is 2.16. The maximum atomic E-state index is 5.50. The Morgan fingerprint density at radius 3 is 2.36 bits per heavy atom. The molecular formula is C11H18N2O. The molecule has 0 amide bonds. The van der Waals surface area contributed by atoms with Gasteiger partial charge >= 0.3 is 0 Å². The van der Waals surface area contributed by atoms with Crippen molar-refractivity contribution in [3.8, 4) is 5.88 Å². The average molecular weight is 194 g/mol. The van der Waals surface area contributed by atoms with Crippen molar-refractivity contribution in [2.45, 2.75) is 46.1 Å². The van der Waals surface area contributed by atoms with E-state index in [0.717, 1.165) is 5.69 Å². The number of hydrogen-bond acceptors (Lipinski definition) is 3. The summed E-state index contributed by atoms with van der Waals surface area (Å²) in [6.45, 7) is 10.3. The second-order valence-corrected chi connectivity index (χ2v) is 4.66. The van der Waals surface area contributed by atoms with Crippen LogP contribution in [0.2, 0.25) is 0 Å². The quantitative estimate of drug-likeness (QED) is 0.725. The minimum absolute atomic E-state index is 0.0397. The van der Waals surface area contributed by atoms with E-state index in [1.165, 1.54) is 0 Å². The van der Waals surface area contributed by atoms with Gasteiger partial charge in [0.25, 0.3) is 0 Å². The zero-order valence-electron chi connectivity index (χ0n) is 9.53. The highest BCUT2D eigenvalue weighted by molar-refractivity contribution is 5.19. The van der Waals surface area contributed by atoms with Crippen LogP contribution in [0.25, 0.3) is 0 Å². The molecule has 0 fully saturated rings. The van der Waals surface area contributed by atoms with Crippen molar-refractivity contribution in [2.75, 3.05) is 0 Å². The first kappa shape index (κ1) is 11.0. The summed E-state index contributed by atoms with van der Waals surface area (Å²) < 4.78 is 5.50. The van der Waals surface area contributed by atoms with Crippen LogP contribution in [0.15, 0.2) is 12.4 Å². The summed E-state index contributed by atoms with van der Waals surface area (Å²) in [5, 5.41) is 0. The number of rotatable bonds is 2. The molecule has 0 spiro atoms. The first-order valence-electron chi connectivity index (χ1n) is 4.89. The minimum atomic E-state index is 0.0397. The topological polar surface area (TPSA) is 35.0 Å². The summed E-state index contributed by atoms with van der Waals surface area (Å²) in [5.41, 5.74) is 1.04. The van der Waals surface area contributed by atoms with Gasteiger partial charge in [-0.05, 0) is 13.8 Å². The minimum Gasteiger partial charge on any atom is -0.475 e. The number of aromatic nitrogens is 2. The van der Waals surface area contributed by atoms with Gasteiger partial charge in [0.1, 0.15) is 6.33 Å². The van der Waals surface area contributed by atoms with Crippen molar-refractivity contribution in [1.82, 2.24) is 9.97 Å². The van der Waals surface area contributed by atoms with Crippen LogP contribution < -0.4 is 4.74 Å². The SMILES string of the molecule is CC(C)Oc1cc(C(C)(C)C)ncn1. The highest BCUT2D eigenvalue weighted by atomic mass is 16.5. The van der Waals surface area contributed by atoms with Crippen molar-refractivity contribution >= 4 is 0 Å². The van der Waals surface area contributed by atoms with Crippen molar-refractivity contribution < 1.29 is 4.74 Å². The lowest BCUT2D eigenvalue weighted by molar-refractivity contribution is 0.231. The van der Waals surface area contributed by atoms with E-state index in [9.17, 15) is 0 Å². The molecule has 0 aromatic carbocycles. The zero-order chi connectivity index (χ0) is 10.8. The molecule has 1 aromatic rings. The molecule has 1 heterocycles. The summed E-state index contributed by atoms with van der Waals surface area (Å²) in [5.74, 6) is 0.653. The number of nitrogens with zero attached hydrogens (tertiary/aromatic N) is 2. The van der Waals surface area contributed by atoms with Gasteiger partial charge in [0.05, 0.1) is 11.8 Å². The smallest absolute Gasteiger partial charge is 0.216 e. The molecule has 0 N–H and O–H groups in total. The van der Waals surface area contributed by atoms with Crippen molar-refractivity contribution in [2.24, 2.45) is 0 Å². The van der Waals surface area contributed by atoms with Crippen LogP contribution in [0.3, 0.4) is 0 Å². The van der Waals surface area contributed by atoms with Gasteiger partial charge in [-0.15, -0.1) is 0 Å². The third-order valence-electron chi connectivity index (χ3n) is 1.77. The van der Waals surface area contributed by atoms with Crippen molar-refractivity contribution in [3.63, 3.8) is 0 Å². The molecule has 1 aromatic heterocycles. The molecule has 78 valence electrons. The first-order valence-corrected chi connectivity index (χ1v) is 4.89. The Hall–Kier alpha value is -1.12. The maximum absolute atomic E-state index is 5.50. The van der Waals surface area contributed by atoms with Crippen molar-refractivity contribution in [3.05, 3.63) is 18.1 Å². The fourth-order valence-electron chi connectivity index (χ4n) is 1.06. The van der Waals surface area contributed by atoms with E-state index in [1.54, 1.807) is 6.33 Å². The first-order chi connectivity index (χ1) is 6.39. The van der Waals surface area contributed by atoms with Crippen molar-refractivity contribution in [1.29, 1.82) is 0 Å². The van der Waals surface area contributed by atoms with Crippen LogP contribution in [-0.4, -0.2) is 16.1 Å². The van der Waals surface area contributed by atoms with Crippen LogP contribution in [0.4, 0.5) is 0 Å². The summed E-state index contributed by atoms with van der Waals surface area (Å²) in [7, 11) is 0. The van der Waals surface area contributed by atoms with Gasteiger partial charge in [-0.2, -0.15) is 0 Å². The Balaban J connectivity index is 2.90. The predicted molar refractivity (Wildman–Crippen MR) is 56.5 cm³/mol. The monoisotopic (exact) mass is 194 g/mol. The molecule has 14 heavy (non-hydrogen) atoms. The summed E-state index contributed by atoms with van der Waals surface area (Å²) in [6.07, 6.45) is 1.70. The van der Waals surface area contributed by atoms with Gasteiger partial charge in [0.2, 0.25) is 5.88 Å². The van der Waals surface area contributed by atoms with E-state index in [2.05, 4.69) is 30.7 Å². The average Bonchev–Trinajstić information content (AvgIpc) is 2.01. The van der Waals surface area contributed by atoms with Crippen LogP contribution in [0.1, 0.15) is 40.3 Å². The second kappa shape index (κ2) is 3.95. The molecule has 3 nitrogen and oxygen atoms in total.